The summed E-state index contributed by atoms with van der Waals surface area (Å²) < 4.78 is 35.5. The molecule has 282 valence electrons. The number of guanidine groups is 2. The quantitative estimate of drug-likeness (QED) is 0.0959. The van der Waals surface area contributed by atoms with Gasteiger partial charge in [-0.3, -0.25) is 14.9 Å². The van der Waals surface area contributed by atoms with Crippen molar-refractivity contribution in [3.8, 4) is 6.07 Å². The predicted molar refractivity (Wildman–Crippen MR) is 199 cm³/mol. The molecule has 0 fully saturated rings. The molecule has 1 aliphatic rings. The Morgan fingerprint density at radius 2 is 1.25 bits per heavy atom. The van der Waals surface area contributed by atoms with Crippen molar-refractivity contribution in [1.29, 1.82) is 5.26 Å². The third kappa shape index (κ3) is 15.0. The zero-order chi connectivity index (χ0) is 37.5. The van der Waals surface area contributed by atoms with Crippen molar-refractivity contribution in [1.82, 2.24) is 20.9 Å². The molecule has 2 amide bonds. The Balaban J connectivity index is 1.21. The smallest absolute Gasteiger partial charge is 0.251 e. The SMILES string of the molecule is CN1C(Nc2ccc(F)cc2)=NC(Nc2ccc(C(=O)NCCOCCOCCC#N)cc2)=NC1NCCOCCOCCNC(=O)c1ccccc1. The highest BCUT2D eigenvalue weighted by Gasteiger charge is 2.24. The molecule has 0 aromatic heterocycles. The molecule has 15 nitrogen and oxygen atoms in total. The highest BCUT2D eigenvalue weighted by Crippen LogP contribution is 2.15. The van der Waals surface area contributed by atoms with Crippen molar-refractivity contribution in [3.05, 3.63) is 95.8 Å². The van der Waals surface area contributed by atoms with Crippen molar-refractivity contribution < 1.29 is 32.9 Å². The van der Waals surface area contributed by atoms with Crippen LogP contribution < -0.4 is 26.6 Å². The molecule has 0 aliphatic carbocycles. The van der Waals surface area contributed by atoms with Crippen LogP contribution in [0.25, 0.3) is 0 Å². The van der Waals surface area contributed by atoms with E-state index in [0.717, 1.165) is 0 Å². The van der Waals surface area contributed by atoms with Crippen molar-refractivity contribution in [3.63, 3.8) is 0 Å². The van der Waals surface area contributed by atoms with Gasteiger partial charge < -0.3 is 45.1 Å². The third-order valence-corrected chi connectivity index (χ3v) is 7.44. The first-order valence-corrected chi connectivity index (χ1v) is 17.2. The Kier molecular flexibility index (Phi) is 17.6. The van der Waals surface area contributed by atoms with Gasteiger partial charge in [-0.25, -0.2) is 9.38 Å². The van der Waals surface area contributed by atoms with E-state index >= 15 is 0 Å². The highest BCUT2D eigenvalue weighted by molar-refractivity contribution is 6.07. The molecule has 1 unspecified atom stereocenters. The van der Waals surface area contributed by atoms with Crippen LogP contribution in [0.4, 0.5) is 15.8 Å². The molecule has 3 aromatic rings. The largest absolute Gasteiger partial charge is 0.378 e. The van der Waals surface area contributed by atoms with Crippen LogP contribution in [0.5, 0.6) is 0 Å². The standard InChI is InChI=1S/C37H46FN9O6/c1-47-36(42-19-23-53-27-26-52-21-17-40-33(48)28-6-3-2-4-7-28)45-35(46-37(47)44-32-14-10-30(38)11-15-32)43-31-12-8-29(9-13-31)34(49)41-18-22-51-25-24-50-20-5-16-39/h2-4,6-15,36,42H,5,17-27H2,1H3,(H,40,48)(H,41,49)(H2,43,44,45,46). The van der Waals surface area contributed by atoms with Gasteiger partial charge in [-0.05, 0) is 60.7 Å². The lowest BCUT2D eigenvalue weighted by Crippen LogP contribution is -2.52. The van der Waals surface area contributed by atoms with E-state index < -0.39 is 6.29 Å². The van der Waals surface area contributed by atoms with Gasteiger partial charge in [-0.2, -0.15) is 10.3 Å². The van der Waals surface area contributed by atoms with E-state index in [0.29, 0.717) is 113 Å². The predicted octanol–water partition coefficient (Wildman–Crippen LogP) is 3.02. The number of aliphatic imine (C=N–C) groups is 2. The van der Waals surface area contributed by atoms with E-state index in [-0.39, 0.29) is 17.6 Å². The number of carbonyl (C=O) groups is 2. The van der Waals surface area contributed by atoms with Crippen LogP contribution in [-0.2, 0) is 18.9 Å². The molecule has 5 N–H and O–H groups in total. The Labute approximate surface area is 308 Å². The summed E-state index contributed by atoms with van der Waals surface area (Å²) >= 11 is 0. The summed E-state index contributed by atoms with van der Waals surface area (Å²) in [6.45, 7) is 4.20. The first kappa shape index (κ1) is 40.3. The van der Waals surface area contributed by atoms with Gasteiger partial charge in [0, 0.05) is 49.2 Å². The van der Waals surface area contributed by atoms with E-state index in [1.54, 1.807) is 53.4 Å². The molecule has 4 rings (SSSR count). The average molecular weight is 732 g/mol. The maximum atomic E-state index is 13.5. The topological polar surface area (TPSA) is 183 Å². The minimum atomic E-state index is -0.526. The summed E-state index contributed by atoms with van der Waals surface area (Å²) in [6.07, 6.45) is -0.185. The van der Waals surface area contributed by atoms with Crippen molar-refractivity contribution in [2.75, 3.05) is 90.2 Å². The fourth-order valence-corrected chi connectivity index (χ4v) is 4.67. The molecule has 0 radical (unpaired) electrons. The van der Waals surface area contributed by atoms with Gasteiger partial charge in [0.1, 0.15) is 5.82 Å². The Hall–Kier alpha value is -5.44. The summed E-state index contributed by atoms with van der Waals surface area (Å²) in [5.41, 5.74) is 2.38. The molecule has 0 saturated heterocycles. The van der Waals surface area contributed by atoms with Crippen molar-refractivity contribution in [2.24, 2.45) is 9.98 Å². The maximum Gasteiger partial charge on any atom is 0.251 e. The monoisotopic (exact) mass is 731 g/mol. The number of nitriles is 1. The van der Waals surface area contributed by atoms with E-state index in [4.69, 9.17) is 29.2 Å². The molecule has 0 bridgehead atoms. The second kappa shape index (κ2) is 23.2. The van der Waals surface area contributed by atoms with Crippen LogP contribution in [0.15, 0.2) is 88.8 Å². The lowest BCUT2D eigenvalue weighted by atomic mass is 10.2. The number of ether oxygens (including phenoxy) is 4. The molecular formula is C37H46FN9O6. The summed E-state index contributed by atoms with van der Waals surface area (Å²) in [5, 5.41) is 23.9. The van der Waals surface area contributed by atoms with Gasteiger partial charge in [0.05, 0.1) is 65.3 Å². The van der Waals surface area contributed by atoms with Gasteiger partial charge in [0.2, 0.25) is 11.9 Å². The Bertz CT molecular complexity index is 1650. The molecule has 0 saturated carbocycles. The van der Waals surface area contributed by atoms with Gasteiger partial charge in [0.25, 0.3) is 11.8 Å². The summed E-state index contributed by atoms with van der Waals surface area (Å²) in [6, 6.07) is 23.8. The first-order valence-electron chi connectivity index (χ1n) is 17.2. The molecule has 1 heterocycles. The molecule has 16 heteroatoms. The van der Waals surface area contributed by atoms with Crippen LogP contribution in [0.1, 0.15) is 27.1 Å². The number of rotatable bonds is 22. The number of hydrogen-bond acceptors (Lipinski definition) is 13. The number of hydrogen-bond donors (Lipinski definition) is 5. The fourth-order valence-electron chi connectivity index (χ4n) is 4.67. The number of benzene rings is 3. The molecular weight excluding hydrogens is 685 g/mol. The number of nitrogens with zero attached hydrogens (tertiary/aromatic N) is 4. The van der Waals surface area contributed by atoms with E-state index in [2.05, 4.69) is 31.6 Å². The van der Waals surface area contributed by atoms with Crippen LogP contribution in [0.2, 0.25) is 0 Å². The van der Waals surface area contributed by atoms with Gasteiger partial charge in [0.15, 0.2) is 6.29 Å². The van der Waals surface area contributed by atoms with Crippen molar-refractivity contribution in [2.45, 2.75) is 12.7 Å². The molecule has 53 heavy (non-hydrogen) atoms. The maximum absolute atomic E-state index is 13.5. The molecule has 1 atom stereocenters. The molecule has 1 aliphatic heterocycles. The van der Waals surface area contributed by atoms with E-state index in [1.165, 1.54) is 12.1 Å². The molecule has 0 spiro atoms. The molecule has 3 aromatic carbocycles. The number of carbonyl (C=O) groups excluding carboxylic acids is 2. The number of nitrogens with one attached hydrogen (secondary N) is 5. The third-order valence-electron chi connectivity index (χ3n) is 7.44. The zero-order valence-corrected chi connectivity index (χ0v) is 29.7. The summed E-state index contributed by atoms with van der Waals surface area (Å²) in [4.78, 5) is 35.8. The minimum absolute atomic E-state index is 0.143. The van der Waals surface area contributed by atoms with E-state index in [1.807, 2.05) is 31.3 Å². The van der Waals surface area contributed by atoms with Crippen LogP contribution in [0.3, 0.4) is 0 Å². The zero-order valence-electron chi connectivity index (χ0n) is 29.7. The Morgan fingerprint density at radius 1 is 0.717 bits per heavy atom. The first-order chi connectivity index (χ1) is 25.9. The average Bonchev–Trinajstić information content (AvgIpc) is 3.17. The van der Waals surface area contributed by atoms with Gasteiger partial charge in [-0.15, -0.1) is 0 Å². The van der Waals surface area contributed by atoms with Gasteiger partial charge >= 0.3 is 0 Å². The summed E-state index contributed by atoms with van der Waals surface area (Å²) in [7, 11) is 1.82. The highest BCUT2D eigenvalue weighted by atomic mass is 19.1. The number of anilines is 2. The number of amides is 2. The summed E-state index contributed by atoms with van der Waals surface area (Å²) in [5.74, 6) is 0.0436. The van der Waals surface area contributed by atoms with E-state index in [9.17, 15) is 14.0 Å². The van der Waals surface area contributed by atoms with Crippen LogP contribution in [-0.4, -0.2) is 114 Å². The fraction of sp³-hybridized carbons (Fsp3) is 0.378. The lowest BCUT2D eigenvalue weighted by Gasteiger charge is -2.32. The van der Waals surface area contributed by atoms with Gasteiger partial charge in [-0.1, -0.05) is 18.2 Å². The second-order valence-electron chi connectivity index (χ2n) is 11.4. The normalized spacial score (nSPS) is 13.8. The van der Waals surface area contributed by atoms with Crippen LogP contribution in [0, 0.1) is 17.1 Å². The van der Waals surface area contributed by atoms with Crippen molar-refractivity contribution >= 4 is 35.1 Å². The lowest BCUT2D eigenvalue weighted by molar-refractivity contribution is 0.0477. The van der Waals surface area contributed by atoms with Crippen LogP contribution >= 0.6 is 0 Å². The minimum Gasteiger partial charge on any atom is -0.378 e. The Morgan fingerprint density at radius 3 is 1.85 bits per heavy atom. The second-order valence-corrected chi connectivity index (χ2v) is 11.4. The number of halogens is 1.